The quantitative estimate of drug-likeness (QED) is 0.395. The average Bonchev–Trinajstić information content (AvgIpc) is 3.03. The molecule has 0 spiro atoms. The van der Waals surface area contributed by atoms with Crippen molar-refractivity contribution in [3.8, 4) is 5.75 Å². The summed E-state index contributed by atoms with van der Waals surface area (Å²) in [6.45, 7) is 6.03. The Balaban J connectivity index is 2.37. The molecule has 0 atom stereocenters. The summed E-state index contributed by atoms with van der Waals surface area (Å²) in [5.74, 6) is 1.91. The lowest BCUT2D eigenvalue weighted by atomic mass is 9.91. The van der Waals surface area contributed by atoms with Gasteiger partial charge in [-0.25, -0.2) is 4.79 Å². The number of hydrogen-bond donors (Lipinski definition) is 0. The summed E-state index contributed by atoms with van der Waals surface area (Å²) in [4.78, 5) is 12.1. The first-order chi connectivity index (χ1) is 12.3. The van der Waals surface area contributed by atoms with Crippen molar-refractivity contribution in [3.05, 3.63) is 51.4 Å². The summed E-state index contributed by atoms with van der Waals surface area (Å²) in [5, 5.41) is 0. The Hall–Kier alpha value is -1.88. The van der Waals surface area contributed by atoms with Crippen molar-refractivity contribution in [1.29, 1.82) is 0 Å². The fraction of sp³-hybridized carbons (Fsp3) is 0.421. The van der Waals surface area contributed by atoms with Gasteiger partial charge in [0.1, 0.15) is 12.4 Å². The molecule has 1 aliphatic rings. The first kappa shape index (κ1) is 20.4. The highest BCUT2D eigenvalue weighted by atomic mass is 31.2. The van der Waals surface area contributed by atoms with Crippen LogP contribution in [-0.4, -0.2) is 27.3 Å². The van der Waals surface area contributed by atoms with Crippen LogP contribution in [-0.2, 0) is 31.4 Å². The van der Waals surface area contributed by atoms with Crippen LogP contribution in [0.25, 0.3) is 0 Å². The SMILES string of the molecule is COc1c(C)c2c(c(C)c1C/C=C(C)/C=C/P(=O)(OC)OC)C(=O)OC2. The van der Waals surface area contributed by atoms with E-state index in [1.807, 2.05) is 26.8 Å². The number of fused-ring (bicyclic) bond motifs is 1. The molecule has 0 bridgehead atoms. The maximum Gasteiger partial charge on any atom is 0.353 e. The molecule has 0 radical (unpaired) electrons. The lowest BCUT2D eigenvalue weighted by Crippen LogP contribution is -2.06. The van der Waals surface area contributed by atoms with Crippen LogP contribution < -0.4 is 4.74 Å². The third-order valence-electron chi connectivity index (χ3n) is 4.61. The van der Waals surface area contributed by atoms with E-state index in [0.717, 1.165) is 33.6 Å². The Morgan fingerprint density at radius 2 is 1.85 bits per heavy atom. The lowest BCUT2D eigenvalue weighted by molar-refractivity contribution is 0.0534. The van der Waals surface area contributed by atoms with E-state index in [-0.39, 0.29) is 5.97 Å². The van der Waals surface area contributed by atoms with Gasteiger partial charge in [-0.3, -0.25) is 4.57 Å². The first-order valence-corrected chi connectivity index (χ1v) is 9.82. The number of allylic oxidation sites excluding steroid dienone is 3. The van der Waals surface area contributed by atoms with Gasteiger partial charge in [0, 0.05) is 31.2 Å². The zero-order valence-corrected chi connectivity index (χ0v) is 16.9. The summed E-state index contributed by atoms with van der Waals surface area (Å²) < 4.78 is 32.6. The molecular formula is C19H25O6P. The molecule has 26 heavy (non-hydrogen) atoms. The maximum atomic E-state index is 12.1. The molecule has 0 aromatic heterocycles. The molecule has 0 saturated heterocycles. The van der Waals surface area contributed by atoms with E-state index in [0.29, 0.717) is 18.6 Å². The predicted molar refractivity (Wildman–Crippen MR) is 99.8 cm³/mol. The normalized spacial score (nSPS) is 14.7. The minimum absolute atomic E-state index is 0.286. The Morgan fingerprint density at radius 3 is 2.42 bits per heavy atom. The molecule has 0 fully saturated rings. The molecule has 0 aliphatic carbocycles. The molecule has 1 aliphatic heterocycles. The van der Waals surface area contributed by atoms with E-state index in [4.69, 9.17) is 18.5 Å². The highest BCUT2D eigenvalue weighted by Gasteiger charge is 2.29. The van der Waals surface area contributed by atoms with Crippen LogP contribution in [0.3, 0.4) is 0 Å². The van der Waals surface area contributed by atoms with Gasteiger partial charge in [-0.15, -0.1) is 0 Å². The molecule has 142 valence electrons. The smallest absolute Gasteiger partial charge is 0.353 e. The van der Waals surface area contributed by atoms with Crippen molar-refractivity contribution < 1.29 is 27.9 Å². The van der Waals surface area contributed by atoms with E-state index in [1.54, 1.807) is 13.2 Å². The van der Waals surface area contributed by atoms with Crippen LogP contribution >= 0.6 is 7.60 Å². The number of carbonyl (C=O) groups excluding carboxylic acids is 1. The van der Waals surface area contributed by atoms with Crippen molar-refractivity contribution in [2.45, 2.75) is 33.8 Å². The molecular weight excluding hydrogens is 355 g/mol. The molecule has 7 heteroatoms. The number of cyclic esters (lactones) is 1. The molecule has 0 saturated carbocycles. The Morgan fingerprint density at radius 1 is 1.19 bits per heavy atom. The van der Waals surface area contributed by atoms with E-state index >= 15 is 0 Å². The highest BCUT2D eigenvalue weighted by molar-refractivity contribution is 7.57. The molecule has 0 amide bonds. The van der Waals surface area contributed by atoms with Crippen LogP contribution in [0.5, 0.6) is 5.75 Å². The number of esters is 1. The van der Waals surface area contributed by atoms with Crippen molar-refractivity contribution in [2.24, 2.45) is 0 Å². The van der Waals surface area contributed by atoms with Gasteiger partial charge in [-0.2, -0.15) is 0 Å². The molecule has 6 nitrogen and oxygen atoms in total. The predicted octanol–water partition coefficient (Wildman–Crippen LogP) is 4.47. The number of rotatable bonds is 7. The summed E-state index contributed by atoms with van der Waals surface area (Å²) in [5.41, 5.74) is 5.17. The lowest BCUT2D eigenvalue weighted by Gasteiger charge is -2.17. The largest absolute Gasteiger partial charge is 0.496 e. The van der Waals surface area contributed by atoms with E-state index in [2.05, 4.69) is 0 Å². The number of benzene rings is 1. The van der Waals surface area contributed by atoms with E-state index in [1.165, 1.54) is 20.0 Å². The fourth-order valence-corrected chi connectivity index (χ4v) is 3.83. The second-order valence-electron chi connectivity index (χ2n) is 6.06. The zero-order valence-electron chi connectivity index (χ0n) is 16.0. The second kappa shape index (κ2) is 8.21. The van der Waals surface area contributed by atoms with Crippen molar-refractivity contribution in [2.75, 3.05) is 21.3 Å². The second-order valence-corrected chi connectivity index (χ2v) is 8.17. The Labute approximate surface area is 154 Å². The molecule has 1 aromatic rings. The Kier molecular flexibility index (Phi) is 6.45. The summed E-state index contributed by atoms with van der Waals surface area (Å²) >= 11 is 0. The number of carbonyl (C=O) groups is 1. The molecule has 0 unspecified atom stereocenters. The number of ether oxygens (including phenoxy) is 2. The molecule has 0 N–H and O–H groups in total. The number of hydrogen-bond acceptors (Lipinski definition) is 6. The Bertz CT molecular complexity index is 814. The average molecular weight is 380 g/mol. The van der Waals surface area contributed by atoms with Crippen molar-refractivity contribution in [1.82, 2.24) is 0 Å². The van der Waals surface area contributed by atoms with Gasteiger partial charge >= 0.3 is 13.6 Å². The van der Waals surface area contributed by atoms with Gasteiger partial charge in [0.05, 0.1) is 12.7 Å². The molecule has 2 rings (SSSR count). The molecule has 1 aromatic carbocycles. The summed E-state index contributed by atoms with van der Waals surface area (Å²) in [6.07, 6.45) is 4.24. The van der Waals surface area contributed by atoms with Crippen LogP contribution in [0.1, 0.15) is 39.5 Å². The third-order valence-corrected chi connectivity index (χ3v) is 6.14. The number of methoxy groups -OCH3 is 1. The van der Waals surface area contributed by atoms with Crippen LogP contribution in [0.4, 0.5) is 0 Å². The van der Waals surface area contributed by atoms with Gasteiger partial charge in [-0.05, 0) is 38.3 Å². The minimum atomic E-state index is -3.19. The summed E-state index contributed by atoms with van der Waals surface area (Å²) in [7, 11) is 1.12. The van der Waals surface area contributed by atoms with Crippen LogP contribution in [0.2, 0.25) is 0 Å². The third kappa shape index (κ3) is 3.93. The van der Waals surface area contributed by atoms with Gasteiger partial charge in [0.25, 0.3) is 0 Å². The van der Waals surface area contributed by atoms with Gasteiger partial charge in [-0.1, -0.05) is 17.7 Å². The fourth-order valence-electron chi connectivity index (χ4n) is 3.02. The van der Waals surface area contributed by atoms with Gasteiger partial charge in [0.2, 0.25) is 0 Å². The topological polar surface area (TPSA) is 71.1 Å². The van der Waals surface area contributed by atoms with Crippen molar-refractivity contribution in [3.63, 3.8) is 0 Å². The van der Waals surface area contributed by atoms with Gasteiger partial charge < -0.3 is 18.5 Å². The van der Waals surface area contributed by atoms with Crippen molar-refractivity contribution >= 4 is 13.6 Å². The van der Waals surface area contributed by atoms with E-state index in [9.17, 15) is 9.36 Å². The molecule has 1 heterocycles. The maximum absolute atomic E-state index is 12.1. The van der Waals surface area contributed by atoms with Crippen LogP contribution in [0, 0.1) is 13.8 Å². The van der Waals surface area contributed by atoms with Gasteiger partial charge in [0.15, 0.2) is 0 Å². The summed E-state index contributed by atoms with van der Waals surface area (Å²) in [6, 6.07) is 0. The standard InChI is InChI=1S/C19H25O6P/c1-12(9-10-26(21,23-5)24-6)7-8-15-13(2)17-16(11-25-19(17)20)14(3)18(15)22-4/h7,9-10H,8,11H2,1-6H3/b10-9+,12-7+. The monoisotopic (exact) mass is 380 g/mol. The zero-order chi connectivity index (χ0) is 19.5. The first-order valence-electron chi connectivity index (χ1n) is 8.21. The minimum Gasteiger partial charge on any atom is -0.496 e. The van der Waals surface area contributed by atoms with Crippen LogP contribution in [0.15, 0.2) is 23.5 Å². The highest BCUT2D eigenvalue weighted by Crippen LogP contribution is 2.48. The van der Waals surface area contributed by atoms with E-state index < -0.39 is 7.60 Å².